The molecule has 2 aliphatic heterocycles. The van der Waals surface area contributed by atoms with Gasteiger partial charge in [-0.25, -0.2) is 0 Å². The molecule has 1 atom stereocenters. The predicted octanol–water partition coefficient (Wildman–Crippen LogP) is 2.44. The van der Waals surface area contributed by atoms with E-state index in [1.807, 2.05) is 4.90 Å². The van der Waals surface area contributed by atoms with Crippen LogP contribution in [-0.4, -0.2) is 60.5 Å². The van der Waals surface area contributed by atoms with Crippen molar-refractivity contribution in [3.05, 3.63) is 0 Å². The molecule has 6 fully saturated rings. The summed E-state index contributed by atoms with van der Waals surface area (Å²) in [4.78, 5) is 30.2. The van der Waals surface area contributed by atoms with Gasteiger partial charge in [-0.15, -0.1) is 0 Å². The molecule has 26 heavy (non-hydrogen) atoms. The highest BCUT2D eigenvalue weighted by atomic mass is 16.5. The van der Waals surface area contributed by atoms with E-state index in [0.717, 1.165) is 69.4 Å². The van der Waals surface area contributed by atoms with Crippen LogP contribution in [0.2, 0.25) is 0 Å². The average Bonchev–Trinajstić information content (AvgIpc) is 3.04. The molecule has 2 heterocycles. The molecule has 4 bridgehead atoms. The molecule has 0 aromatic rings. The van der Waals surface area contributed by atoms with Crippen molar-refractivity contribution >= 4 is 11.8 Å². The van der Waals surface area contributed by atoms with Crippen LogP contribution in [0.25, 0.3) is 0 Å². The molecule has 1 unspecified atom stereocenters. The van der Waals surface area contributed by atoms with Gasteiger partial charge in [0.1, 0.15) is 6.10 Å². The number of carbonyl (C=O) groups excluding carboxylic acids is 2. The molecule has 0 aromatic heterocycles. The Balaban J connectivity index is 1.25. The number of hydrogen-bond donors (Lipinski definition) is 0. The number of amides is 2. The summed E-state index contributed by atoms with van der Waals surface area (Å²) in [6.07, 6.45) is 10.0. The maximum absolute atomic E-state index is 13.5. The molecule has 6 rings (SSSR count). The van der Waals surface area contributed by atoms with E-state index in [9.17, 15) is 9.59 Å². The number of nitrogens with zero attached hydrogens (tertiary/aromatic N) is 2. The zero-order valence-corrected chi connectivity index (χ0v) is 15.8. The summed E-state index contributed by atoms with van der Waals surface area (Å²) in [6, 6.07) is 0. The van der Waals surface area contributed by atoms with E-state index >= 15 is 0 Å². The second kappa shape index (κ2) is 6.50. The monoisotopic (exact) mass is 360 g/mol. The molecule has 4 aliphatic carbocycles. The largest absolute Gasteiger partial charge is 0.368 e. The first-order chi connectivity index (χ1) is 12.6. The topological polar surface area (TPSA) is 49.9 Å². The molecular formula is C21H32N2O3. The van der Waals surface area contributed by atoms with E-state index in [1.165, 1.54) is 19.3 Å². The van der Waals surface area contributed by atoms with E-state index < -0.39 is 0 Å². The number of carbonyl (C=O) groups is 2. The van der Waals surface area contributed by atoms with Gasteiger partial charge < -0.3 is 14.5 Å². The smallest absolute Gasteiger partial charge is 0.251 e. The van der Waals surface area contributed by atoms with Crippen molar-refractivity contribution in [3.8, 4) is 0 Å². The van der Waals surface area contributed by atoms with Crippen molar-refractivity contribution in [2.75, 3.05) is 32.8 Å². The summed E-state index contributed by atoms with van der Waals surface area (Å²) >= 11 is 0. The second-order valence-corrected chi connectivity index (χ2v) is 9.67. The van der Waals surface area contributed by atoms with E-state index in [-0.39, 0.29) is 17.4 Å². The van der Waals surface area contributed by atoms with Gasteiger partial charge >= 0.3 is 0 Å². The summed E-state index contributed by atoms with van der Waals surface area (Å²) in [5.74, 6) is 2.97. The maximum atomic E-state index is 13.5. The molecule has 5 heteroatoms. The summed E-state index contributed by atoms with van der Waals surface area (Å²) in [7, 11) is 0. The van der Waals surface area contributed by atoms with Gasteiger partial charge in [0.05, 0.1) is 5.41 Å². The molecule has 0 N–H and O–H groups in total. The summed E-state index contributed by atoms with van der Waals surface area (Å²) in [5.41, 5.74) is -0.0531. The third-order valence-electron chi connectivity index (χ3n) is 7.79. The van der Waals surface area contributed by atoms with Gasteiger partial charge in [-0.3, -0.25) is 9.59 Å². The maximum Gasteiger partial charge on any atom is 0.251 e. The Morgan fingerprint density at radius 2 is 1.42 bits per heavy atom. The minimum atomic E-state index is -0.236. The lowest BCUT2D eigenvalue weighted by atomic mass is 9.49. The lowest BCUT2D eigenvalue weighted by Crippen LogP contribution is -2.55. The summed E-state index contributed by atoms with van der Waals surface area (Å²) in [5, 5.41) is 0. The van der Waals surface area contributed by atoms with Gasteiger partial charge in [-0.1, -0.05) is 0 Å². The third kappa shape index (κ3) is 2.87. The Kier molecular flexibility index (Phi) is 4.26. The molecular weight excluding hydrogens is 328 g/mol. The average molecular weight is 360 g/mol. The molecule has 4 saturated carbocycles. The van der Waals surface area contributed by atoms with Gasteiger partial charge in [-0.05, 0) is 75.5 Å². The van der Waals surface area contributed by atoms with Crippen LogP contribution in [0.15, 0.2) is 0 Å². The van der Waals surface area contributed by atoms with Gasteiger partial charge in [0, 0.05) is 32.8 Å². The van der Waals surface area contributed by atoms with Crippen molar-refractivity contribution in [1.29, 1.82) is 0 Å². The fourth-order valence-corrected chi connectivity index (χ4v) is 7.02. The van der Waals surface area contributed by atoms with Crippen molar-refractivity contribution in [3.63, 3.8) is 0 Å². The summed E-state index contributed by atoms with van der Waals surface area (Å²) < 4.78 is 5.58. The quantitative estimate of drug-likeness (QED) is 0.760. The Labute approximate surface area is 156 Å². The van der Waals surface area contributed by atoms with Crippen LogP contribution in [0.3, 0.4) is 0 Å². The molecule has 6 aliphatic rings. The number of hydrogen-bond acceptors (Lipinski definition) is 3. The van der Waals surface area contributed by atoms with Gasteiger partial charge in [0.15, 0.2) is 0 Å². The lowest BCUT2D eigenvalue weighted by molar-refractivity contribution is -0.157. The van der Waals surface area contributed by atoms with Crippen molar-refractivity contribution in [2.24, 2.45) is 23.2 Å². The lowest BCUT2D eigenvalue weighted by Gasteiger charge is -2.56. The molecule has 0 aromatic carbocycles. The highest BCUT2D eigenvalue weighted by Gasteiger charge is 2.55. The Morgan fingerprint density at radius 1 is 0.808 bits per heavy atom. The zero-order chi connectivity index (χ0) is 17.7. The SMILES string of the molecule is O=C(C1CCCO1)N1CCCN(C(=O)C23CC4CC(CC(C4)C2)C3)CC1. The zero-order valence-electron chi connectivity index (χ0n) is 15.8. The summed E-state index contributed by atoms with van der Waals surface area (Å²) in [6.45, 7) is 3.68. The van der Waals surface area contributed by atoms with Crippen LogP contribution in [0.1, 0.15) is 57.8 Å². The number of rotatable bonds is 2. The van der Waals surface area contributed by atoms with Crippen LogP contribution in [0.4, 0.5) is 0 Å². The van der Waals surface area contributed by atoms with Crippen LogP contribution in [0, 0.1) is 23.2 Å². The predicted molar refractivity (Wildman–Crippen MR) is 97.4 cm³/mol. The normalized spacial score (nSPS) is 42.2. The van der Waals surface area contributed by atoms with Gasteiger partial charge in [0.25, 0.3) is 5.91 Å². The Hall–Kier alpha value is -1.10. The van der Waals surface area contributed by atoms with Crippen LogP contribution in [-0.2, 0) is 14.3 Å². The molecule has 0 spiro atoms. The second-order valence-electron chi connectivity index (χ2n) is 9.67. The van der Waals surface area contributed by atoms with Crippen LogP contribution >= 0.6 is 0 Å². The van der Waals surface area contributed by atoms with E-state index in [4.69, 9.17) is 4.74 Å². The minimum Gasteiger partial charge on any atom is -0.368 e. The van der Waals surface area contributed by atoms with Crippen molar-refractivity contribution < 1.29 is 14.3 Å². The van der Waals surface area contributed by atoms with Crippen molar-refractivity contribution in [2.45, 2.75) is 63.9 Å². The molecule has 2 amide bonds. The molecule has 0 radical (unpaired) electrons. The Morgan fingerprint density at radius 3 is 2.04 bits per heavy atom. The highest BCUT2D eigenvalue weighted by molar-refractivity contribution is 5.84. The fourth-order valence-electron chi connectivity index (χ4n) is 7.02. The molecule has 144 valence electrons. The standard InChI is InChI=1S/C21H32N2O3/c24-19(18-3-1-8-26-18)22-4-2-5-23(7-6-22)20(25)21-12-15-9-16(13-21)11-17(10-15)14-21/h15-18H,1-14H2. The van der Waals surface area contributed by atoms with Gasteiger partial charge in [0.2, 0.25) is 5.91 Å². The first-order valence-corrected chi connectivity index (χ1v) is 10.8. The van der Waals surface area contributed by atoms with E-state index in [0.29, 0.717) is 25.6 Å². The Bertz CT molecular complexity index is 549. The molecule has 5 nitrogen and oxygen atoms in total. The third-order valence-corrected chi connectivity index (χ3v) is 7.79. The van der Waals surface area contributed by atoms with Crippen LogP contribution in [0.5, 0.6) is 0 Å². The molecule has 2 saturated heterocycles. The van der Waals surface area contributed by atoms with E-state index in [1.54, 1.807) is 0 Å². The van der Waals surface area contributed by atoms with Crippen LogP contribution < -0.4 is 0 Å². The fraction of sp³-hybridized carbons (Fsp3) is 0.905. The first-order valence-electron chi connectivity index (χ1n) is 10.8. The van der Waals surface area contributed by atoms with E-state index in [2.05, 4.69) is 4.90 Å². The number of ether oxygens (including phenoxy) is 1. The highest BCUT2D eigenvalue weighted by Crippen LogP contribution is 2.60. The first kappa shape index (κ1) is 17.0. The van der Waals surface area contributed by atoms with Gasteiger partial charge in [-0.2, -0.15) is 0 Å². The van der Waals surface area contributed by atoms with Crippen molar-refractivity contribution in [1.82, 2.24) is 9.80 Å². The minimum absolute atomic E-state index is 0.0531.